The zero-order valence-corrected chi connectivity index (χ0v) is 10.1. The first-order valence-corrected chi connectivity index (χ1v) is 5.61. The molecule has 0 aromatic carbocycles. The van der Waals surface area contributed by atoms with E-state index in [9.17, 15) is 0 Å². The van der Waals surface area contributed by atoms with Crippen LogP contribution in [0.3, 0.4) is 0 Å². The molecule has 3 nitrogen and oxygen atoms in total. The summed E-state index contributed by atoms with van der Waals surface area (Å²) >= 11 is 0. The lowest BCUT2D eigenvalue weighted by Gasteiger charge is -2.03. The Labute approximate surface area is 97.5 Å². The SMILES string of the molecule is COCCNCCC=C(C)c1cccnc1. The number of pyridine rings is 1. The van der Waals surface area contributed by atoms with Gasteiger partial charge in [0.1, 0.15) is 0 Å². The van der Waals surface area contributed by atoms with Crippen LogP contribution in [0.5, 0.6) is 0 Å². The molecule has 3 heteroatoms. The van der Waals surface area contributed by atoms with Gasteiger partial charge in [0.25, 0.3) is 0 Å². The molecule has 0 bridgehead atoms. The highest BCUT2D eigenvalue weighted by Gasteiger charge is 1.93. The van der Waals surface area contributed by atoms with Crippen molar-refractivity contribution in [2.75, 3.05) is 26.8 Å². The second-order valence-corrected chi connectivity index (χ2v) is 3.66. The van der Waals surface area contributed by atoms with E-state index in [1.807, 2.05) is 12.3 Å². The van der Waals surface area contributed by atoms with Crippen LogP contribution >= 0.6 is 0 Å². The lowest BCUT2D eigenvalue weighted by molar-refractivity contribution is 0.199. The van der Waals surface area contributed by atoms with Crippen LogP contribution in [0.15, 0.2) is 30.6 Å². The molecular formula is C13H20N2O. The normalized spacial score (nSPS) is 11.8. The van der Waals surface area contributed by atoms with Gasteiger partial charge in [0.05, 0.1) is 6.61 Å². The lowest BCUT2D eigenvalue weighted by Crippen LogP contribution is -2.19. The maximum Gasteiger partial charge on any atom is 0.0587 e. The summed E-state index contributed by atoms with van der Waals surface area (Å²) in [7, 11) is 1.72. The fourth-order valence-electron chi connectivity index (χ4n) is 1.40. The quantitative estimate of drug-likeness (QED) is 0.715. The van der Waals surface area contributed by atoms with E-state index in [2.05, 4.69) is 29.4 Å². The van der Waals surface area contributed by atoms with Gasteiger partial charge in [-0.15, -0.1) is 0 Å². The molecule has 0 spiro atoms. The average Bonchev–Trinajstić information content (AvgIpc) is 2.34. The third-order valence-electron chi connectivity index (χ3n) is 2.37. The van der Waals surface area contributed by atoms with Crippen LogP contribution in [0.2, 0.25) is 0 Å². The van der Waals surface area contributed by atoms with Gasteiger partial charge in [-0.1, -0.05) is 12.1 Å². The number of rotatable bonds is 7. The van der Waals surface area contributed by atoms with Gasteiger partial charge in [-0.3, -0.25) is 4.98 Å². The van der Waals surface area contributed by atoms with Gasteiger partial charge in [0.2, 0.25) is 0 Å². The third-order valence-corrected chi connectivity index (χ3v) is 2.37. The Kier molecular flexibility index (Phi) is 6.45. The molecule has 0 aliphatic carbocycles. The molecule has 1 N–H and O–H groups in total. The minimum absolute atomic E-state index is 0.769. The van der Waals surface area contributed by atoms with Crippen molar-refractivity contribution in [2.45, 2.75) is 13.3 Å². The number of aromatic nitrogens is 1. The van der Waals surface area contributed by atoms with E-state index in [0.717, 1.165) is 26.1 Å². The van der Waals surface area contributed by atoms with E-state index in [1.165, 1.54) is 11.1 Å². The molecule has 1 aromatic heterocycles. The first-order chi connectivity index (χ1) is 7.84. The van der Waals surface area contributed by atoms with E-state index in [4.69, 9.17) is 4.74 Å². The highest BCUT2D eigenvalue weighted by atomic mass is 16.5. The molecule has 0 radical (unpaired) electrons. The second kappa shape index (κ2) is 8.02. The summed E-state index contributed by atoms with van der Waals surface area (Å²) < 4.78 is 4.95. The Hall–Kier alpha value is -1.19. The van der Waals surface area contributed by atoms with Crippen molar-refractivity contribution in [1.82, 2.24) is 10.3 Å². The monoisotopic (exact) mass is 220 g/mol. The van der Waals surface area contributed by atoms with Crippen LogP contribution in [0.4, 0.5) is 0 Å². The maximum atomic E-state index is 4.95. The molecular weight excluding hydrogens is 200 g/mol. The zero-order valence-electron chi connectivity index (χ0n) is 10.1. The predicted octanol–water partition coefficient (Wildman–Crippen LogP) is 2.11. The van der Waals surface area contributed by atoms with Crippen LogP contribution in [0, 0.1) is 0 Å². The molecule has 0 aliphatic rings. The molecule has 0 saturated heterocycles. The zero-order chi connectivity index (χ0) is 11.6. The number of hydrogen-bond acceptors (Lipinski definition) is 3. The van der Waals surface area contributed by atoms with Crippen molar-refractivity contribution in [2.24, 2.45) is 0 Å². The van der Waals surface area contributed by atoms with Crippen LogP contribution in [-0.2, 0) is 4.74 Å². The number of methoxy groups -OCH3 is 1. The average molecular weight is 220 g/mol. The first kappa shape index (κ1) is 12.9. The van der Waals surface area contributed by atoms with Crippen LogP contribution < -0.4 is 5.32 Å². The number of allylic oxidation sites excluding steroid dienone is 1. The maximum absolute atomic E-state index is 4.95. The summed E-state index contributed by atoms with van der Waals surface area (Å²) in [5.41, 5.74) is 2.47. The summed E-state index contributed by atoms with van der Waals surface area (Å²) in [5, 5.41) is 3.31. The van der Waals surface area contributed by atoms with Crippen molar-refractivity contribution in [3.63, 3.8) is 0 Å². The molecule has 0 atom stereocenters. The van der Waals surface area contributed by atoms with Crippen molar-refractivity contribution in [3.05, 3.63) is 36.2 Å². The molecule has 88 valence electrons. The topological polar surface area (TPSA) is 34.1 Å². The third kappa shape index (κ3) is 5.05. The Morgan fingerprint density at radius 1 is 1.50 bits per heavy atom. The molecule has 1 aromatic rings. The standard InChI is InChI=1S/C13H20N2O/c1-12(13-6-4-8-15-11-13)5-3-7-14-9-10-16-2/h4-6,8,11,14H,3,7,9-10H2,1-2H3. The number of nitrogens with one attached hydrogen (secondary N) is 1. The Balaban J connectivity index is 2.24. The Morgan fingerprint density at radius 2 is 2.38 bits per heavy atom. The molecule has 0 amide bonds. The van der Waals surface area contributed by atoms with E-state index < -0.39 is 0 Å². The van der Waals surface area contributed by atoms with Gasteiger partial charge in [-0.25, -0.2) is 0 Å². The molecule has 0 aliphatic heterocycles. The molecule has 16 heavy (non-hydrogen) atoms. The lowest BCUT2D eigenvalue weighted by atomic mass is 10.1. The number of hydrogen-bond donors (Lipinski definition) is 1. The fraction of sp³-hybridized carbons (Fsp3) is 0.462. The molecule has 0 saturated carbocycles. The smallest absolute Gasteiger partial charge is 0.0587 e. The van der Waals surface area contributed by atoms with E-state index in [0.29, 0.717) is 0 Å². The Morgan fingerprint density at radius 3 is 3.06 bits per heavy atom. The highest BCUT2D eigenvalue weighted by molar-refractivity contribution is 5.62. The van der Waals surface area contributed by atoms with E-state index in [1.54, 1.807) is 13.3 Å². The van der Waals surface area contributed by atoms with Crippen molar-refractivity contribution in [3.8, 4) is 0 Å². The molecule has 1 rings (SSSR count). The fourth-order valence-corrected chi connectivity index (χ4v) is 1.40. The minimum Gasteiger partial charge on any atom is -0.383 e. The highest BCUT2D eigenvalue weighted by Crippen LogP contribution is 2.11. The van der Waals surface area contributed by atoms with Crippen molar-refractivity contribution >= 4 is 5.57 Å². The summed E-state index contributed by atoms with van der Waals surface area (Å²) in [6.45, 7) is 4.79. The summed E-state index contributed by atoms with van der Waals surface area (Å²) in [6.07, 6.45) is 6.95. The minimum atomic E-state index is 0.769. The van der Waals surface area contributed by atoms with Gasteiger partial charge in [0, 0.05) is 26.0 Å². The number of nitrogens with zero attached hydrogens (tertiary/aromatic N) is 1. The van der Waals surface area contributed by atoms with Crippen LogP contribution in [-0.4, -0.2) is 31.8 Å². The molecule has 0 unspecified atom stereocenters. The molecule has 1 heterocycles. The van der Waals surface area contributed by atoms with Gasteiger partial charge in [-0.05, 0) is 37.1 Å². The van der Waals surface area contributed by atoms with E-state index >= 15 is 0 Å². The van der Waals surface area contributed by atoms with Crippen molar-refractivity contribution in [1.29, 1.82) is 0 Å². The van der Waals surface area contributed by atoms with Crippen LogP contribution in [0.25, 0.3) is 5.57 Å². The van der Waals surface area contributed by atoms with Gasteiger partial charge < -0.3 is 10.1 Å². The molecule has 0 fully saturated rings. The summed E-state index contributed by atoms with van der Waals surface area (Å²) in [4.78, 5) is 4.10. The largest absolute Gasteiger partial charge is 0.383 e. The number of ether oxygens (including phenoxy) is 1. The predicted molar refractivity (Wildman–Crippen MR) is 67.3 cm³/mol. The Bertz CT molecular complexity index is 309. The summed E-state index contributed by atoms with van der Waals surface area (Å²) in [5.74, 6) is 0. The van der Waals surface area contributed by atoms with E-state index in [-0.39, 0.29) is 0 Å². The van der Waals surface area contributed by atoms with Gasteiger partial charge in [-0.2, -0.15) is 0 Å². The van der Waals surface area contributed by atoms with Crippen molar-refractivity contribution < 1.29 is 4.74 Å². The summed E-state index contributed by atoms with van der Waals surface area (Å²) in [6, 6.07) is 4.04. The second-order valence-electron chi connectivity index (χ2n) is 3.66. The van der Waals surface area contributed by atoms with Gasteiger partial charge >= 0.3 is 0 Å². The first-order valence-electron chi connectivity index (χ1n) is 5.61. The van der Waals surface area contributed by atoms with Gasteiger partial charge in [0.15, 0.2) is 0 Å². The van der Waals surface area contributed by atoms with Crippen LogP contribution in [0.1, 0.15) is 18.9 Å².